The van der Waals surface area contributed by atoms with E-state index in [2.05, 4.69) is 41.4 Å². The van der Waals surface area contributed by atoms with E-state index in [1.807, 2.05) is 6.07 Å². The Morgan fingerprint density at radius 3 is 2.42 bits per heavy atom. The van der Waals surface area contributed by atoms with Crippen molar-refractivity contribution in [1.29, 1.82) is 0 Å². The van der Waals surface area contributed by atoms with Gasteiger partial charge in [0.1, 0.15) is 0 Å². The van der Waals surface area contributed by atoms with Crippen molar-refractivity contribution in [2.24, 2.45) is 5.92 Å². The lowest BCUT2D eigenvalue weighted by atomic mass is 10.0. The zero-order chi connectivity index (χ0) is 23.4. The summed E-state index contributed by atoms with van der Waals surface area (Å²) >= 11 is 0. The van der Waals surface area contributed by atoms with Gasteiger partial charge in [-0.15, -0.1) is 0 Å². The first kappa shape index (κ1) is 23.1. The van der Waals surface area contributed by atoms with E-state index in [-0.39, 0.29) is 30.2 Å². The number of nitrogens with zero attached hydrogens (tertiary/aromatic N) is 2. The predicted octanol–water partition coefficient (Wildman–Crippen LogP) is 3.32. The lowest BCUT2D eigenvalue weighted by Gasteiger charge is -2.28. The number of benzene rings is 2. The number of hydrogen-bond donors (Lipinski definition) is 1. The van der Waals surface area contributed by atoms with Gasteiger partial charge in [0, 0.05) is 31.3 Å². The maximum atomic E-state index is 13.0. The Morgan fingerprint density at radius 1 is 1.06 bits per heavy atom. The fraction of sp³-hybridized carbons (Fsp3) is 0.462. The molecule has 33 heavy (non-hydrogen) atoms. The zero-order valence-electron chi connectivity index (χ0n) is 19.7. The average Bonchev–Trinajstić information content (AvgIpc) is 3.50. The fourth-order valence-electron chi connectivity index (χ4n) is 4.77. The van der Waals surface area contributed by atoms with Gasteiger partial charge in [-0.2, -0.15) is 0 Å². The van der Waals surface area contributed by atoms with Crippen LogP contribution in [0.25, 0.3) is 0 Å². The van der Waals surface area contributed by atoms with Crippen LogP contribution in [0.5, 0.6) is 11.5 Å². The van der Waals surface area contributed by atoms with Gasteiger partial charge in [-0.3, -0.25) is 14.5 Å². The lowest BCUT2D eigenvalue weighted by Crippen LogP contribution is -2.40. The Kier molecular flexibility index (Phi) is 7.18. The van der Waals surface area contributed by atoms with Crippen LogP contribution in [0.2, 0.25) is 0 Å². The summed E-state index contributed by atoms with van der Waals surface area (Å²) < 4.78 is 10.6. The molecule has 1 N–H and O–H groups in total. The third-order valence-corrected chi connectivity index (χ3v) is 6.69. The van der Waals surface area contributed by atoms with Crippen LogP contribution in [0.15, 0.2) is 42.5 Å². The first-order valence-corrected chi connectivity index (χ1v) is 11.6. The summed E-state index contributed by atoms with van der Waals surface area (Å²) in [4.78, 5) is 29.9. The number of carbonyl (C=O) groups is 2. The Bertz CT molecular complexity index is 986. The normalized spacial score (nSPS) is 19.5. The molecular weight excluding hydrogens is 418 g/mol. The second kappa shape index (κ2) is 10.3. The van der Waals surface area contributed by atoms with Crippen LogP contribution in [0.1, 0.15) is 36.4 Å². The molecule has 2 aliphatic rings. The van der Waals surface area contributed by atoms with Crippen molar-refractivity contribution >= 4 is 17.5 Å². The second-order valence-electron chi connectivity index (χ2n) is 8.86. The monoisotopic (exact) mass is 451 g/mol. The van der Waals surface area contributed by atoms with Crippen LogP contribution in [-0.2, 0) is 9.59 Å². The summed E-state index contributed by atoms with van der Waals surface area (Å²) in [5, 5.41) is 3.14. The molecule has 176 valence electrons. The molecule has 2 aliphatic heterocycles. The third-order valence-electron chi connectivity index (χ3n) is 6.69. The molecule has 0 spiro atoms. The number of rotatable bonds is 8. The summed E-state index contributed by atoms with van der Waals surface area (Å²) in [7, 11) is 3.14. The average molecular weight is 452 g/mol. The summed E-state index contributed by atoms with van der Waals surface area (Å²) in [5.74, 6) is 0.663. The highest BCUT2D eigenvalue weighted by Crippen LogP contribution is 2.34. The minimum absolute atomic E-state index is 0.0583. The molecule has 2 fully saturated rings. The largest absolute Gasteiger partial charge is 0.493 e. The molecule has 2 aromatic rings. The number of carbonyl (C=O) groups excluding carboxylic acids is 2. The Morgan fingerprint density at radius 2 is 1.76 bits per heavy atom. The molecule has 2 unspecified atom stereocenters. The van der Waals surface area contributed by atoms with E-state index in [9.17, 15) is 9.59 Å². The minimum atomic E-state index is -0.372. The van der Waals surface area contributed by atoms with Gasteiger partial charge < -0.3 is 19.7 Å². The molecule has 2 atom stereocenters. The Labute approximate surface area is 195 Å². The van der Waals surface area contributed by atoms with Crippen molar-refractivity contribution in [2.75, 3.05) is 45.3 Å². The first-order chi connectivity index (χ1) is 16.0. The summed E-state index contributed by atoms with van der Waals surface area (Å²) in [6.07, 6.45) is 2.58. The number of hydrogen-bond acceptors (Lipinski definition) is 5. The van der Waals surface area contributed by atoms with Gasteiger partial charge in [0.05, 0.1) is 26.2 Å². The first-order valence-electron chi connectivity index (χ1n) is 11.6. The molecule has 0 bridgehead atoms. The molecule has 0 aromatic heterocycles. The third kappa shape index (κ3) is 5.14. The molecule has 0 radical (unpaired) electrons. The van der Waals surface area contributed by atoms with E-state index in [0.717, 1.165) is 13.1 Å². The van der Waals surface area contributed by atoms with E-state index < -0.39 is 0 Å². The van der Waals surface area contributed by atoms with Crippen LogP contribution in [0, 0.1) is 12.8 Å². The number of ether oxygens (including phenoxy) is 2. The highest BCUT2D eigenvalue weighted by Gasteiger charge is 2.36. The number of amides is 2. The molecule has 4 rings (SSSR count). The molecule has 2 aromatic carbocycles. The van der Waals surface area contributed by atoms with Crippen molar-refractivity contribution in [3.05, 3.63) is 53.6 Å². The highest BCUT2D eigenvalue weighted by molar-refractivity contribution is 6.00. The SMILES string of the molecule is COc1ccc(N2CC(C(=O)NCC(c3ccc(C)cc3)N3CCCC3)CC2=O)cc1OC. The van der Waals surface area contributed by atoms with Crippen molar-refractivity contribution in [3.8, 4) is 11.5 Å². The Hall–Kier alpha value is -3.06. The van der Waals surface area contributed by atoms with Gasteiger partial charge in [-0.25, -0.2) is 0 Å². The van der Waals surface area contributed by atoms with Crippen molar-refractivity contribution in [2.45, 2.75) is 32.2 Å². The molecule has 7 heteroatoms. The number of aryl methyl sites for hydroxylation is 1. The second-order valence-corrected chi connectivity index (χ2v) is 8.86. The summed E-state index contributed by atoms with van der Waals surface area (Å²) in [6, 6.07) is 14.1. The van der Waals surface area contributed by atoms with E-state index in [1.54, 1.807) is 31.3 Å². The molecule has 2 saturated heterocycles. The van der Waals surface area contributed by atoms with Crippen molar-refractivity contribution in [3.63, 3.8) is 0 Å². The predicted molar refractivity (Wildman–Crippen MR) is 128 cm³/mol. The maximum Gasteiger partial charge on any atom is 0.227 e. The van der Waals surface area contributed by atoms with Crippen LogP contribution in [-0.4, -0.2) is 57.1 Å². The van der Waals surface area contributed by atoms with E-state index in [1.165, 1.54) is 24.0 Å². The van der Waals surface area contributed by atoms with Gasteiger partial charge in [0.25, 0.3) is 0 Å². The van der Waals surface area contributed by atoms with Gasteiger partial charge in [-0.1, -0.05) is 29.8 Å². The molecular formula is C26H33N3O4. The highest BCUT2D eigenvalue weighted by atomic mass is 16.5. The zero-order valence-corrected chi connectivity index (χ0v) is 19.7. The molecule has 0 saturated carbocycles. The van der Waals surface area contributed by atoms with Gasteiger partial charge in [-0.05, 0) is 50.6 Å². The fourth-order valence-corrected chi connectivity index (χ4v) is 4.77. The molecule has 2 amide bonds. The minimum Gasteiger partial charge on any atom is -0.493 e. The number of nitrogens with one attached hydrogen (secondary N) is 1. The standard InChI is InChI=1S/C26H33N3O4/c1-18-6-8-19(9-7-18)22(28-12-4-5-13-28)16-27-26(31)20-14-25(30)29(17-20)21-10-11-23(32-2)24(15-21)33-3/h6-11,15,20,22H,4-5,12-14,16-17H2,1-3H3,(H,27,31). The van der Waals surface area contributed by atoms with Gasteiger partial charge in [0.15, 0.2) is 11.5 Å². The molecule has 0 aliphatic carbocycles. The summed E-state index contributed by atoms with van der Waals surface area (Å²) in [5.41, 5.74) is 3.16. The number of anilines is 1. The quantitative estimate of drug-likeness (QED) is 0.667. The number of likely N-dealkylation sites (tertiary alicyclic amines) is 1. The van der Waals surface area contributed by atoms with Crippen LogP contribution in [0.3, 0.4) is 0 Å². The van der Waals surface area contributed by atoms with Crippen molar-refractivity contribution in [1.82, 2.24) is 10.2 Å². The van der Waals surface area contributed by atoms with E-state index in [4.69, 9.17) is 9.47 Å². The van der Waals surface area contributed by atoms with Gasteiger partial charge >= 0.3 is 0 Å². The lowest BCUT2D eigenvalue weighted by molar-refractivity contribution is -0.126. The Balaban J connectivity index is 1.42. The number of methoxy groups -OCH3 is 2. The van der Waals surface area contributed by atoms with Crippen molar-refractivity contribution < 1.29 is 19.1 Å². The maximum absolute atomic E-state index is 13.0. The van der Waals surface area contributed by atoms with Crippen LogP contribution in [0.4, 0.5) is 5.69 Å². The van der Waals surface area contributed by atoms with E-state index >= 15 is 0 Å². The van der Waals surface area contributed by atoms with Gasteiger partial charge in [0.2, 0.25) is 11.8 Å². The smallest absolute Gasteiger partial charge is 0.227 e. The van der Waals surface area contributed by atoms with Crippen LogP contribution < -0.4 is 19.7 Å². The summed E-state index contributed by atoms with van der Waals surface area (Å²) in [6.45, 7) is 5.08. The topological polar surface area (TPSA) is 71.1 Å². The molecule has 7 nitrogen and oxygen atoms in total. The van der Waals surface area contributed by atoms with E-state index in [0.29, 0.717) is 30.3 Å². The van der Waals surface area contributed by atoms with Crippen LogP contribution >= 0.6 is 0 Å². The molecule has 2 heterocycles.